The lowest BCUT2D eigenvalue weighted by Crippen LogP contribution is -2.38. The highest BCUT2D eigenvalue weighted by Crippen LogP contribution is 2.19. The molecule has 96 valence electrons. The second-order valence-electron chi connectivity index (χ2n) is 3.28. The fourth-order valence-corrected chi connectivity index (χ4v) is 2.02. The Hall–Kier alpha value is -1.31. The molecule has 0 spiro atoms. The van der Waals surface area contributed by atoms with E-state index in [1.165, 1.54) is 0 Å². The molecule has 0 saturated heterocycles. The summed E-state index contributed by atoms with van der Waals surface area (Å²) in [6, 6.07) is 7.05. The summed E-state index contributed by atoms with van der Waals surface area (Å²) in [4.78, 5) is 0. The number of ether oxygens (including phenoxy) is 1. The molecule has 0 heterocycles. The summed E-state index contributed by atoms with van der Waals surface area (Å²) < 4.78 is 32.4. The number of para-hydroxylation sites is 2. The first kappa shape index (κ1) is 13.8. The van der Waals surface area contributed by atoms with Gasteiger partial charge in [-0.25, -0.2) is 4.72 Å². The van der Waals surface area contributed by atoms with Gasteiger partial charge < -0.3 is 10.5 Å². The van der Waals surface area contributed by atoms with Gasteiger partial charge >= 0.3 is 0 Å². The molecule has 0 aliphatic heterocycles. The summed E-state index contributed by atoms with van der Waals surface area (Å²) in [5.74, 6) is 0.551. The number of hydrogen-bond donors (Lipinski definition) is 3. The summed E-state index contributed by atoms with van der Waals surface area (Å²) in [7, 11) is -3.41. The Morgan fingerprint density at radius 3 is 2.65 bits per heavy atom. The normalized spacial score (nSPS) is 11.4. The van der Waals surface area contributed by atoms with Crippen molar-refractivity contribution in [1.29, 1.82) is 0 Å². The highest BCUT2D eigenvalue weighted by Gasteiger charge is 2.06. The Bertz CT molecular complexity index is 448. The fourth-order valence-electron chi connectivity index (χ4n) is 1.19. The quantitative estimate of drug-likeness (QED) is 0.478. The predicted molar refractivity (Wildman–Crippen MR) is 66.9 cm³/mol. The molecule has 17 heavy (non-hydrogen) atoms. The van der Waals surface area contributed by atoms with Gasteiger partial charge in [-0.3, -0.25) is 0 Å². The fraction of sp³-hybridized carbons (Fsp3) is 0.400. The van der Waals surface area contributed by atoms with E-state index in [0.717, 1.165) is 0 Å². The lowest BCUT2D eigenvalue weighted by atomic mass is 10.3. The standard InChI is InChI=1S/C10H17N3O3S/c1-2-12-17(14,15)13-7-8-16-10-6-4-3-5-9(10)11/h3-6,12-13H,2,7-8,11H2,1H3. The Kier molecular flexibility index (Phi) is 5.20. The van der Waals surface area contributed by atoms with Crippen LogP contribution in [0.25, 0.3) is 0 Å². The molecule has 1 aromatic carbocycles. The van der Waals surface area contributed by atoms with Gasteiger partial charge in [0.1, 0.15) is 12.4 Å². The van der Waals surface area contributed by atoms with Crippen LogP contribution < -0.4 is 19.9 Å². The van der Waals surface area contributed by atoms with E-state index in [1.54, 1.807) is 31.2 Å². The molecule has 4 N–H and O–H groups in total. The van der Waals surface area contributed by atoms with Crippen LogP contribution in [0, 0.1) is 0 Å². The third kappa shape index (κ3) is 5.03. The van der Waals surface area contributed by atoms with Crippen LogP contribution in [0.5, 0.6) is 5.75 Å². The zero-order valence-electron chi connectivity index (χ0n) is 9.64. The number of hydrogen-bond acceptors (Lipinski definition) is 4. The van der Waals surface area contributed by atoms with Gasteiger partial charge in [0.2, 0.25) is 0 Å². The van der Waals surface area contributed by atoms with Gasteiger partial charge in [0.15, 0.2) is 0 Å². The zero-order valence-corrected chi connectivity index (χ0v) is 10.5. The van der Waals surface area contributed by atoms with Gasteiger partial charge in [0.05, 0.1) is 5.69 Å². The van der Waals surface area contributed by atoms with Crippen molar-refractivity contribution in [3.63, 3.8) is 0 Å². The van der Waals surface area contributed by atoms with E-state index in [4.69, 9.17) is 10.5 Å². The number of rotatable bonds is 7. The maximum Gasteiger partial charge on any atom is 0.277 e. The summed E-state index contributed by atoms with van der Waals surface area (Å²) in [6.45, 7) is 2.46. The van der Waals surface area contributed by atoms with Crippen LogP contribution in [0.1, 0.15) is 6.92 Å². The van der Waals surface area contributed by atoms with Crippen LogP contribution in [-0.2, 0) is 10.2 Å². The lowest BCUT2D eigenvalue weighted by molar-refractivity contribution is 0.324. The molecular weight excluding hydrogens is 242 g/mol. The lowest BCUT2D eigenvalue weighted by Gasteiger charge is -2.09. The monoisotopic (exact) mass is 259 g/mol. The minimum Gasteiger partial charge on any atom is -0.490 e. The van der Waals surface area contributed by atoms with E-state index in [0.29, 0.717) is 18.0 Å². The van der Waals surface area contributed by atoms with E-state index in [1.807, 2.05) is 0 Å². The summed E-state index contributed by atoms with van der Waals surface area (Å²) in [6.07, 6.45) is 0. The van der Waals surface area contributed by atoms with Crippen molar-refractivity contribution in [3.8, 4) is 5.75 Å². The van der Waals surface area contributed by atoms with Gasteiger partial charge in [-0.15, -0.1) is 0 Å². The second kappa shape index (κ2) is 6.43. The molecule has 0 radical (unpaired) electrons. The van der Waals surface area contributed by atoms with Crippen molar-refractivity contribution in [1.82, 2.24) is 9.44 Å². The van der Waals surface area contributed by atoms with Crippen LogP contribution in [0.2, 0.25) is 0 Å². The van der Waals surface area contributed by atoms with Crippen molar-refractivity contribution in [2.24, 2.45) is 0 Å². The largest absolute Gasteiger partial charge is 0.490 e. The molecule has 0 aliphatic carbocycles. The number of nitrogens with two attached hydrogens (primary N) is 1. The van der Waals surface area contributed by atoms with Crippen molar-refractivity contribution < 1.29 is 13.2 Å². The molecule has 0 amide bonds. The first-order valence-corrected chi connectivity index (χ1v) is 6.75. The van der Waals surface area contributed by atoms with Crippen LogP contribution in [0.4, 0.5) is 5.69 Å². The molecule has 7 heteroatoms. The minimum absolute atomic E-state index is 0.184. The van der Waals surface area contributed by atoms with E-state index in [-0.39, 0.29) is 13.2 Å². The van der Waals surface area contributed by atoms with Crippen molar-refractivity contribution in [2.45, 2.75) is 6.92 Å². The van der Waals surface area contributed by atoms with Crippen LogP contribution in [-0.4, -0.2) is 28.1 Å². The first-order valence-electron chi connectivity index (χ1n) is 5.26. The van der Waals surface area contributed by atoms with Gasteiger partial charge in [-0.2, -0.15) is 13.1 Å². The van der Waals surface area contributed by atoms with E-state index in [2.05, 4.69) is 9.44 Å². The minimum atomic E-state index is -3.41. The summed E-state index contributed by atoms with van der Waals surface area (Å²) >= 11 is 0. The molecule has 0 saturated carbocycles. The SMILES string of the molecule is CCNS(=O)(=O)NCCOc1ccccc1N. The van der Waals surface area contributed by atoms with Gasteiger partial charge in [0.25, 0.3) is 10.2 Å². The summed E-state index contributed by atoms with van der Waals surface area (Å²) in [5.41, 5.74) is 6.19. The average Bonchev–Trinajstić information content (AvgIpc) is 2.26. The van der Waals surface area contributed by atoms with Crippen molar-refractivity contribution in [3.05, 3.63) is 24.3 Å². The molecule has 0 aliphatic rings. The maximum atomic E-state index is 11.2. The molecule has 0 bridgehead atoms. The van der Waals surface area contributed by atoms with Crippen LogP contribution in [0.3, 0.4) is 0 Å². The van der Waals surface area contributed by atoms with E-state index >= 15 is 0 Å². The van der Waals surface area contributed by atoms with Gasteiger partial charge in [0, 0.05) is 13.1 Å². The molecular formula is C10H17N3O3S. The average molecular weight is 259 g/mol. The molecule has 1 aromatic rings. The molecule has 6 nitrogen and oxygen atoms in total. The molecule has 0 unspecified atom stereocenters. The Labute approximate surface area is 101 Å². The Morgan fingerprint density at radius 2 is 2.00 bits per heavy atom. The number of nitrogen functional groups attached to an aromatic ring is 1. The molecule has 0 atom stereocenters. The van der Waals surface area contributed by atoms with Crippen molar-refractivity contribution >= 4 is 15.9 Å². The zero-order chi connectivity index (χ0) is 12.7. The number of anilines is 1. The summed E-state index contributed by atoms with van der Waals surface area (Å²) in [5, 5.41) is 0. The molecule has 0 aromatic heterocycles. The predicted octanol–water partition coefficient (Wildman–Crippen LogP) is 0.0915. The second-order valence-corrected chi connectivity index (χ2v) is 4.87. The highest BCUT2D eigenvalue weighted by atomic mass is 32.2. The third-order valence-electron chi connectivity index (χ3n) is 1.91. The topological polar surface area (TPSA) is 93.5 Å². The smallest absolute Gasteiger partial charge is 0.277 e. The Balaban J connectivity index is 2.32. The van der Waals surface area contributed by atoms with E-state index in [9.17, 15) is 8.42 Å². The van der Waals surface area contributed by atoms with E-state index < -0.39 is 10.2 Å². The third-order valence-corrected chi connectivity index (χ3v) is 3.16. The highest BCUT2D eigenvalue weighted by molar-refractivity contribution is 7.87. The number of nitrogens with one attached hydrogen (secondary N) is 2. The molecule has 1 rings (SSSR count). The van der Waals surface area contributed by atoms with Crippen LogP contribution >= 0.6 is 0 Å². The molecule has 0 fully saturated rings. The first-order chi connectivity index (χ1) is 8.05. The van der Waals surface area contributed by atoms with Crippen LogP contribution in [0.15, 0.2) is 24.3 Å². The number of benzene rings is 1. The van der Waals surface area contributed by atoms with Gasteiger partial charge in [-0.1, -0.05) is 19.1 Å². The van der Waals surface area contributed by atoms with Crippen molar-refractivity contribution in [2.75, 3.05) is 25.4 Å². The Morgan fingerprint density at radius 1 is 1.29 bits per heavy atom. The van der Waals surface area contributed by atoms with Gasteiger partial charge in [-0.05, 0) is 12.1 Å². The maximum absolute atomic E-state index is 11.2.